The molecule has 1 N–H and O–H groups in total. The SMILES string of the molecule is C#CCCOCCOc1ccc(CC(=O)O)cc1. The van der Waals surface area contributed by atoms with Crippen molar-refractivity contribution in [2.45, 2.75) is 12.8 Å². The number of aliphatic carboxylic acids is 1. The first-order chi connectivity index (χ1) is 8.72. The number of hydrogen-bond acceptors (Lipinski definition) is 3. The van der Waals surface area contributed by atoms with Crippen LogP contribution < -0.4 is 4.74 Å². The molecule has 0 bridgehead atoms. The van der Waals surface area contributed by atoms with Crippen LogP contribution in [0.1, 0.15) is 12.0 Å². The van der Waals surface area contributed by atoms with Gasteiger partial charge in [-0.05, 0) is 17.7 Å². The topological polar surface area (TPSA) is 55.8 Å². The van der Waals surface area contributed by atoms with Gasteiger partial charge in [-0.2, -0.15) is 0 Å². The lowest BCUT2D eigenvalue weighted by Gasteiger charge is -2.07. The maximum Gasteiger partial charge on any atom is 0.307 e. The summed E-state index contributed by atoms with van der Waals surface area (Å²) >= 11 is 0. The van der Waals surface area contributed by atoms with E-state index in [1.165, 1.54) is 0 Å². The lowest BCUT2D eigenvalue weighted by Crippen LogP contribution is -2.07. The third kappa shape index (κ3) is 5.92. The van der Waals surface area contributed by atoms with E-state index >= 15 is 0 Å². The van der Waals surface area contributed by atoms with Gasteiger partial charge in [0.25, 0.3) is 0 Å². The van der Waals surface area contributed by atoms with Gasteiger partial charge in [0.1, 0.15) is 12.4 Å². The van der Waals surface area contributed by atoms with Crippen LogP contribution >= 0.6 is 0 Å². The van der Waals surface area contributed by atoms with Crippen molar-refractivity contribution < 1.29 is 19.4 Å². The van der Waals surface area contributed by atoms with Crippen LogP contribution in [0.4, 0.5) is 0 Å². The van der Waals surface area contributed by atoms with Crippen molar-refractivity contribution in [1.29, 1.82) is 0 Å². The highest BCUT2D eigenvalue weighted by Crippen LogP contribution is 2.12. The molecule has 1 aromatic rings. The molecular formula is C14H16O4. The van der Waals surface area contributed by atoms with Crippen LogP contribution in [0.3, 0.4) is 0 Å². The molecule has 96 valence electrons. The molecule has 0 amide bonds. The molecule has 0 aliphatic heterocycles. The van der Waals surface area contributed by atoms with E-state index in [9.17, 15) is 4.79 Å². The van der Waals surface area contributed by atoms with Gasteiger partial charge in [0, 0.05) is 6.42 Å². The van der Waals surface area contributed by atoms with Crippen LogP contribution in [-0.4, -0.2) is 30.9 Å². The molecule has 0 aliphatic rings. The number of carboxylic acid groups (broad SMARTS) is 1. The molecule has 0 spiro atoms. The molecular weight excluding hydrogens is 232 g/mol. The second-order valence-electron chi connectivity index (χ2n) is 3.63. The van der Waals surface area contributed by atoms with Gasteiger partial charge in [-0.25, -0.2) is 0 Å². The van der Waals surface area contributed by atoms with E-state index in [1.54, 1.807) is 24.3 Å². The van der Waals surface area contributed by atoms with Gasteiger partial charge in [0.05, 0.1) is 19.6 Å². The number of ether oxygens (including phenoxy) is 2. The quantitative estimate of drug-likeness (QED) is 0.562. The van der Waals surface area contributed by atoms with Gasteiger partial charge in [-0.3, -0.25) is 4.79 Å². The van der Waals surface area contributed by atoms with Crippen LogP contribution in [-0.2, 0) is 16.0 Å². The maximum absolute atomic E-state index is 10.5. The first-order valence-corrected chi connectivity index (χ1v) is 5.67. The summed E-state index contributed by atoms with van der Waals surface area (Å²) in [5, 5.41) is 8.62. The molecule has 0 aliphatic carbocycles. The third-order valence-corrected chi connectivity index (χ3v) is 2.17. The minimum absolute atomic E-state index is 0.0233. The Morgan fingerprint density at radius 1 is 1.22 bits per heavy atom. The molecule has 0 fully saturated rings. The van der Waals surface area contributed by atoms with Crippen molar-refractivity contribution in [2.24, 2.45) is 0 Å². The summed E-state index contributed by atoms with van der Waals surface area (Å²) in [7, 11) is 0. The Balaban J connectivity index is 2.23. The molecule has 0 saturated heterocycles. The highest BCUT2D eigenvalue weighted by Gasteiger charge is 2.00. The third-order valence-electron chi connectivity index (χ3n) is 2.17. The number of rotatable bonds is 8. The summed E-state index contributed by atoms with van der Waals surface area (Å²) in [4.78, 5) is 10.5. The minimum Gasteiger partial charge on any atom is -0.491 e. The maximum atomic E-state index is 10.5. The normalized spacial score (nSPS) is 9.72. The molecule has 0 atom stereocenters. The van der Waals surface area contributed by atoms with Crippen molar-refractivity contribution in [1.82, 2.24) is 0 Å². The first kappa shape index (κ1) is 14.1. The average molecular weight is 248 g/mol. The van der Waals surface area contributed by atoms with E-state index in [0.717, 1.165) is 5.56 Å². The summed E-state index contributed by atoms with van der Waals surface area (Å²) in [5.74, 6) is 2.34. The predicted octanol–water partition coefficient (Wildman–Crippen LogP) is 1.73. The highest BCUT2D eigenvalue weighted by molar-refractivity contribution is 5.70. The number of benzene rings is 1. The Morgan fingerprint density at radius 3 is 2.56 bits per heavy atom. The molecule has 4 nitrogen and oxygen atoms in total. The van der Waals surface area contributed by atoms with Crippen molar-refractivity contribution in [3.05, 3.63) is 29.8 Å². The largest absolute Gasteiger partial charge is 0.491 e. The van der Waals surface area contributed by atoms with Gasteiger partial charge in [0.2, 0.25) is 0 Å². The molecule has 0 saturated carbocycles. The lowest BCUT2D eigenvalue weighted by molar-refractivity contribution is -0.136. The van der Waals surface area contributed by atoms with E-state index < -0.39 is 5.97 Å². The molecule has 1 aromatic carbocycles. The fraction of sp³-hybridized carbons (Fsp3) is 0.357. The fourth-order valence-electron chi connectivity index (χ4n) is 1.33. The van der Waals surface area contributed by atoms with Gasteiger partial charge < -0.3 is 14.6 Å². The Labute approximate surface area is 107 Å². The summed E-state index contributed by atoms with van der Waals surface area (Å²) in [6, 6.07) is 6.98. The second kappa shape index (κ2) is 8.15. The van der Waals surface area contributed by atoms with E-state index in [1.807, 2.05) is 0 Å². The van der Waals surface area contributed by atoms with E-state index in [0.29, 0.717) is 32.0 Å². The van der Waals surface area contributed by atoms with Crippen LogP contribution in [0.5, 0.6) is 5.75 Å². The molecule has 0 unspecified atom stereocenters. The first-order valence-electron chi connectivity index (χ1n) is 5.67. The van der Waals surface area contributed by atoms with Crippen molar-refractivity contribution in [3.63, 3.8) is 0 Å². The Kier molecular flexibility index (Phi) is 6.37. The zero-order valence-corrected chi connectivity index (χ0v) is 10.1. The van der Waals surface area contributed by atoms with Crippen molar-refractivity contribution >= 4 is 5.97 Å². The average Bonchev–Trinajstić information content (AvgIpc) is 2.35. The molecule has 0 heterocycles. The number of carboxylic acids is 1. The monoisotopic (exact) mass is 248 g/mol. The molecule has 0 aromatic heterocycles. The Bertz CT molecular complexity index is 403. The van der Waals surface area contributed by atoms with Gasteiger partial charge in [-0.15, -0.1) is 12.3 Å². The van der Waals surface area contributed by atoms with Crippen molar-refractivity contribution in [2.75, 3.05) is 19.8 Å². The summed E-state index contributed by atoms with van der Waals surface area (Å²) in [6.07, 6.45) is 5.70. The van der Waals surface area contributed by atoms with E-state index in [-0.39, 0.29) is 6.42 Å². The number of hydrogen-bond donors (Lipinski definition) is 1. The van der Waals surface area contributed by atoms with Crippen LogP contribution in [0.2, 0.25) is 0 Å². The van der Waals surface area contributed by atoms with Crippen molar-refractivity contribution in [3.8, 4) is 18.1 Å². The van der Waals surface area contributed by atoms with Gasteiger partial charge >= 0.3 is 5.97 Å². The minimum atomic E-state index is -0.842. The van der Waals surface area contributed by atoms with E-state index in [4.69, 9.17) is 21.0 Å². The molecule has 0 radical (unpaired) electrons. The number of terminal acetylenes is 1. The summed E-state index contributed by atoms with van der Waals surface area (Å²) < 4.78 is 10.6. The molecule has 1 rings (SSSR count). The lowest BCUT2D eigenvalue weighted by atomic mass is 10.1. The van der Waals surface area contributed by atoms with Crippen LogP contribution in [0.15, 0.2) is 24.3 Å². The smallest absolute Gasteiger partial charge is 0.307 e. The highest BCUT2D eigenvalue weighted by atomic mass is 16.5. The Morgan fingerprint density at radius 2 is 1.94 bits per heavy atom. The zero-order chi connectivity index (χ0) is 13.2. The number of carbonyl (C=O) groups is 1. The molecule has 18 heavy (non-hydrogen) atoms. The van der Waals surface area contributed by atoms with E-state index in [2.05, 4.69) is 5.92 Å². The molecule has 4 heteroatoms. The zero-order valence-electron chi connectivity index (χ0n) is 10.1. The summed E-state index contributed by atoms with van der Waals surface area (Å²) in [5.41, 5.74) is 0.750. The predicted molar refractivity (Wildman–Crippen MR) is 67.5 cm³/mol. The van der Waals surface area contributed by atoms with Gasteiger partial charge in [0.15, 0.2) is 0 Å². The standard InChI is InChI=1S/C14H16O4/c1-2-3-8-17-9-10-18-13-6-4-12(5-7-13)11-14(15)16/h1,4-7H,3,8-11H2,(H,15,16). The van der Waals surface area contributed by atoms with Gasteiger partial charge in [-0.1, -0.05) is 12.1 Å². The Hall–Kier alpha value is -1.99. The van der Waals surface area contributed by atoms with Crippen LogP contribution in [0.25, 0.3) is 0 Å². The second-order valence-corrected chi connectivity index (χ2v) is 3.63. The summed E-state index contributed by atoms with van der Waals surface area (Å²) in [6.45, 7) is 1.47. The fourth-order valence-corrected chi connectivity index (χ4v) is 1.33. The van der Waals surface area contributed by atoms with Crippen LogP contribution in [0, 0.1) is 12.3 Å².